The quantitative estimate of drug-likeness (QED) is 0.365. The minimum absolute atomic E-state index is 0.0468. The van der Waals surface area contributed by atoms with E-state index in [4.69, 9.17) is 21.7 Å². The number of aryl methyl sites for hydroxylation is 1. The van der Waals surface area contributed by atoms with Gasteiger partial charge in [-0.2, -0.15) is 0 Å². The van der Waals surface area contributed by atoms with Gasteiger partial charge in [-0.05, 0) is 91.9 Å². The van der Waals surface area contributed by atoms with Crippen LogP contribution in [0.3, 0.4) is 0 Å². The maximum Gasteiger partial charge on any atom is 0.174 e. The van der Waals surface area contributed by atoms with E-state index in [-0.39, 0.29) is 12.1 Å². The first-order valence-electron chi connectivity index (χ1n) is 11.1. The van der Waals surface area contributed by atoms with Crippen LogP contribution in [0.1, 0.15) is 29.2 Å². The molecule has 5 rings (SSSR count). The topological polar surface area (TPSA) is 51.6 Å². The number of hydrogen-bond acceptors (Lipinski definition) is 4. The van der Waals surface area contributed by atoms with Crippen LogP contribution in [0, 0.1) is 6.92 Å². The smallest absolute Gasteiger partial charge is 0.174 e. The van der Waals surface area contributed by atoms with Gasteiger partial charge in [0.1, 0.15) is 23.3 Å². The van der Waals surface area contributed by atoms with E-state index in [2.05, 4.69) is 45.9 Å². The molecule has 1 fully saturated rings. The number of ether oxygens (including phenoxy) is 2. The second-order valence-corrected chi connectivity index (χ2v) is 8.61. The molecular weight excluding hydrogens is 444 g/mol. The molecule has 0 bridgehead atoms. The number of thiocarbonyl (C=S) groups is 1. The third-order valence-corrected chi connectivity index (χ3v) is 6.54. The van der Waals surface area contributed by atoms with Gasteiger partial charge in [-0.15, -0.1) is 0 Å². The van der Waals surface area contributed by atoms with Crippen molar-refractivity contribution in [1.29, 1.82) is 0 Å². The van der Waals surface area contributed by atoms with Gasteiger partial charge in [0.15, 0.2) is 5.11 Å². The van der Waals surface area contributed by atoms with E-state index in [0.717, 1.165) is 28.6 Å². The lowest BCUT2D eigenvalue weighted by atomic mass is 10.0. The summed E-state index contributed by atoms with van der Waals surface area (Å²) >= 11 is 5.82. The predicted molar refractivity (Wildman–Crippen MR) is 138 cm³/mol. The zero-order valence-electron chi connectivity index (χ0n) is 19.3. The molecule has 0 aliphatic carbocycles. The van der Waals surface area contributed by atoms with Crippen molar-refractivity contribution < 1.29 is 9.47 Å². The average molecular weight is 471 g/mol. The Labute approximate surface area is 204 Å². The Bertz CT molecular complexity index is 1290. The van der Waals surface area contributed by atoms with Crippen LogP contribution in [0.5, 0.6) is 17.2 Å². The third kappa shape index (κ3) is 4.10. The molecule has 4 aromatic rings. The minimum Gasteiger partial charge on any atom is -0.497 e. The fourth-order valence-corrected chi connectivity index (χ4v) is 4.66. The van der Waals surface area contributed by atoms with Gasteiger partial charge in [0.05, 0.1) is 18.8 Å². The molecule has 1 saturated heterocycles. The van der Waals surface area contributed by atoms with Crippen LogP contribution < -0.4 is 19.7 Å². The Morgan fingerprint density at radius 3 is 2.15 bits per heavy atom. The van der Waals surface area contributed by atoms with E-state index in [1.165, 1.54) is 11.4 Å². The van der Waals surface area contributed by atoms with Crippen molar-refractivity contribution >= 4 is 23.0 Å². The molecule has 0 radical (unpaired) electrons. The number of nitrogens with one attached hydrogen (secondary N) is 1. The first kappa shape index (κ1) is 22.0. The van der Waals surface area contributed by atoms with Gasteiger partial charge >= 0.3 is 0 Å². The highest BCUT2D eigenvalue weighted by atomic mass is 32.1. The lowest BCUT2D eigenvalue weighted by Crippen LogP contribution is -2.30. The monoisotopic (exact) mass is 470 g/mol. The molecule has 0 saturated carbocycles. The molecule has 34 heavy (non-hydrogen) atoms. The third-order valence-electron chi connectivity index (χ3n) is 6.22. The molecule has 3 heterocycles. The second-order valence-electron chi connectivity index (χ2n) is 8.23. The summed E-state index contributed by atoms with van der Waals surface area (Å²) < 4.78 is 13.4. The van der Waals surface area contributed by atoms with E-state index >= 15 is 0 Å². The highest BCUT2D eigenvalue weighted by Gasteiger charge is 2.41. The molecule has 1 aliphatic rings. The summed E-state index contributed by atoms with van der Waals surface area (Å²) in [7, 11) is 3.74. The van der Waals surface area contributed by atoms with Crippen molar-refractivity contribution in [1.82, 2.24) is 14.9 Å². The summed E-state index contributed by atoms with van der Waals surface area (Å²) in [5.74, 6) is 2.29. The van der Waals surface area contributed by atoms with Crippen LogP contribution >= 0.6 is 12.2 Å². The van der Waals surface area contributed by atoms with Crippen LogP contribution in [0.25, 0.3) is 0 Å². The maximum atomic E-state index is 6.01. The van der Waals surface area contributed by atoms with Gasteiger partial charge in [0, 0.05) is 30.3 Å². The van der Waals surface area contributed by atoms with Gasteiger partial charge in [-0.25, -0.2) is 0 Å². The number of rotatable bonds is 6. The summed E-state index contributed by atoms with van der Waals surface area (Å²) in [5.41, 5.74) is 4.30. The lowest BCUT2D eigenvalue weighted by molar-refractivity contribution is 0.413. The van der Waals surface area contributed by atoms with E-state index < -0.39 is 0 Å². The largest absolute Gasteiger partial charge is 0.497 e. The Kier molecular flexibility index (Phi) is 5.94. The molecule has 2 aromatic heterocycles. The molecule has 1 aliphatic heterocycles. The molecule has 2 atom stereocenters. The maximum absolute atomic E-state index is 6.01. The van der Waals surface area contributed by atoms with Crippen molar-refractivity contribution in [2.75, 3.05) is 12.0 Å². The number of aromatic nitrogens is 2. The van der Waals surface area contributed by atoms with Crippen LogP contribution in [-0.2, 0) is 7.05 Å². The molecule has 0 amide bonds. The van der Waals surface area contributed by atoms with Gasteiger partial charge in [-0.1, -0.05) is 6.07 Å². The Morgan fingerprint density at radius 1 is 0.882 bits per heavy atom. The van der Waals surface area contributed by atoms with Crippen LogP contribution in [0.4, 0.5) is 5.69 Å². The summed E-state index contributed by atoms with van der Waals surface area (Å²) in [4.78, 5) is 6.79. The molecule has 0 spiro atoms. The van der Waals surface area contributed by atoms with Crippen molar-refractivity contribution in [2.45, 2.75) is 19.0 Å². The van der Waals surface area contributed by atoms with E-state index in [1.807, 2.05) is 72.9 Å². The lowest BCUT2D eigenvalue weighted by Gasteiger charge is -2.28. The average Bonchev–Trinajstić information content (AvgIpc) is 3.39. The highest BCUT2D eigenvalue weighted by Crippen LogP contribution is 2.42. The fourth-order valence-electron chi connectivity index (χ4n) is 4.32. The highest BCUT2D eigenvalue weighted by molar-refractivity contribution is 7.80. The number of methoxy groups -OCH3 is 1. The Balaban J connectivity index is 1.47. The summed E-state index contributed by atoms with van der Waals surface area (Å²) in [6.45, 7) is 2.11. The number of benzene rings is 2. The van der Waals surface area contributed by atoms with Gasteiger partial charge in [0.25, 0.3) is 0 Å². The molecule has 2 aromatic carbocycles. The second kappa shape index (κ2) is 9.19. The SMILES string of the molecule is COc1ccc(Oc2ccc(N3C(=S)N[C@H](c4ccccn4)[C@@H]3c3ccc(C)n3C)cc2)cc1. The van der Waals surface area contributed by atoms with Crippen molar-refractivity contribution in [3.8, 4) is 17.2 Å². The molecule has 172 valence electrons. The number of nitrogens with zero attached hydrogens (tertiary/aromatic N) is 3. The molecule has 6 nitrogen and oxygen atoms in total. The number of hydrogen-bond donors (Lipinski definition) is 1. The first-order valence-corrected chi connectivity index (χ1v) is 11.5. The summed E-state index contributed by atoms with van der Waals surface area (Å²) in [6, 6.07) is 25.7. The molecule has 0 unspecified atom stereocenters. The zero-order valence-corrected chi connectivity index (χ0v) is 20.1. The first-order chi connectivity index (χ1) is 16.5. The Morgan fingerprint density at radius 2 is 1.56 bits per heavy atom. The molecular formula is C27H26N4O2S. The minimum atomic E-state index is -0.0723. The van der Waals surface area contributed by atoms with Crippen LogP contribution in [-0.4, -0.2) is 21.8 Å². The van der Waals surface area contributed by atoms with Gasteiger partial charge in [0.2, 0.25) is 0 Å². The fraction of sp³-hybridized carbons (Fsp3) is 0.185. The standard InChI is InChI=1S/C27H26N4O2S/c1-18-7-16-24(30(18)2)26-25(23-6-4-5-17-28-23)29-27(34)31(26)19-8-10-21(11-9-19)33-22-14-12-20(32-3)13-15-22/h4-17,25-26H,1-3H3,(H,29,34)/t25-,26+/m1/s1. The van der Waals surface area contributed by atoms with Crippen molar-refractivity contribution in [3.05, 3.63) is 102 Å². The number of anilines is 1. The summed E-state index contributed by atoms with van der Waals surface area (Å²) in [5, 5.41) is 4.18. The van der Waals surface area contributed by atoms with Gasteiger partial charge in [-0.3, -0.25) is 4.98 Å². The van der Waals surface area contributed by atoms with E-state index in [0.29, 0.717) is 5.11 Å². The van der Waals surface area contributed by atoms with E-state index in [9.17, 15) is 0 Å². The predicted octanol–water partition coefficient (Wildman–Crippen LogP) is 5.71. The van der Waals surface area contributed by atoms with Crippen molar-refractivity contribution in [2.24, 2.45) is 7.05 Å². The Hall–Kier alpha value is -3.84. The zero-order chi connectivity index (χ0) is 23.7. The van der Waals surface area contributed by atoms with Gasteiger partial charge < -0.3 is 24.3 Å². The normalized spacial score (nSPS) is 17.5. The van der Waals surface area contributed by atoms with Crippen LogP contribution in [0.2, 0.25) is 0 Å². The molecule has 1 N–H and O–H groups in total. The van der Waals surface area contributed by atoms with Crippen LogP contribution in [0.15, 0.2) is 85.1 Å². The number of pyridine rings is 1. The van der Waals surface area contributed by atoms with E-state index in [1.54, 1.807) is 7.11 Å². The van der Waals surface area contributed by atoms with Crippen molar-refractivity contribution in [3.63, 3.8) is 0 Å². The molecule has 7 heteroatoms. The summed E-state index contributed by atoms with van der Waals surface area (Å²) in [6.07, 6.45) is 1.82.